The zero-order valence-electron chi connectivity index (χ0n) is 9.13. The lowest BCUT2D eigenvalue weighted by atomic mass is 9.74. The Labute approximate surface area is 96.2 Å². The average Bonchev–Trinajstić information content (AvgIpc) is 2.72. The van der Waals surface area contributed by atoms with E-state index in [4.69, 9.17) is 11.6 Å². The Bertz CT molecular complexity index is 331. The van der Waals surface area contributed by atoms with Gasteiger partial charge in [-0.15, -0.1) is 6.58 Å². The van der Waals surface area contributed by atoms with Crippen molar-refractivity contribution in [3.63, 3.8) is 0 Å². The third kappa shape index (κ3) is 1.90. The van der Waals surface area contributed by atoms with Crippen LogP contribution in [-0.2, 0) is 4.79 Å². The largest absolute Gasteiger partial charge is 0.281 e. The van der Waals surface area contributed by atoms with Gasteiger partial charge in [0.25, 0.3) is 0 Å². The van der Waals surface area contributed by atoms with Crippen LogP contribution in [0.2, 0.25) is 0 Å². The molecule has 82 valence electrons. The Kier molecular flexibility index (Phi) is 2.76. The maximum absolute atomic E-state index is 11.4. The first-order valence-electron chi connectivity index (χ1n) is 5.56. The third-order valence-corrected chi connectivity index (χ3v) is 4.13. The van der Waals surface area contributed by atoms with Crippen molar-refractivity contribution in [1.29, 1.82) is 0 Å². The highest BCUT2D eigenvalue weighted by Gasteiger charge is 2.50. The molecule has 1 saturated carbocycles. The minimum Gasteiger partial charge on any atom is -0.281 e. The summed E-state index contributed by atoms with van der Waals surface area (Å²) in [6, 6.07) is 0. The fourth-order valence-electron chi connectivity index (χ4n) is 3.03. The van der Waals surface area contributed by atoms with Gasteiger partial charge in [0.15, 0.2) is 0 Å². The van der Waals surface area contributed by atoms with Crippen LogP contribution in [0.3, 0.4) is 0 Å². The third-order valence-electron chi connectivity index (χ3n) is 3.87. The van der Waals surface area contributed by atoms with Crippen molar-refractivity contribution in [2.45, 2.75) is 32.6 Å². The SMILES string of the molecule is C=C(C)CCC12C=CC(CC1C(=O)Cl)C2. The summed E-state index contributed by atoms with van der Waals surface area (Å²) in [7, 11) is 0. The zero-order valence-corrected chi connectivity index (χ0v) is 9.89. The van der Waals surface area contributed by atoms with Crippen molar-refractivity contribution < 1.29 is 4.79 Å². The van der Waals surface area contributed by atoms with Gasteiger partial charge in [0, 0.05) is 11.3 Å². The van der Waals surface area contributed by atoms with Crippen molar-refractivity contribution in [2.75, 3.05) is 0 Å². The van der Waals surface area contributed by atoms with Gasteiger partial charge in [0.05, 0.1) is 0 Å². The summed E-state index contributed by atoms with van der Waals surface area (Å²) in [5, 5.41) is -0.149. The summed E-state index contributed by atoms with van der Waals surface area (Å²) in [6.45, 7) is 5.96. The Balaban J connectivity index is 2.13. The zero-order chi connectivity index (χ0) is 11.1. The molecule has 1 fully saturated rings. The predicted molar refractivity (Wildman–Crippen MR) is 62.7 cm³/mol. The molecule has 0 aliphatic heterocycles. The van der Waals surface area contributed by atoms with Gasteiger partial charge in [0.2, 0.25) is 5.24 Å². The molecular formula is C13H17ClO. The fraction of sp³-hybridized carbons (Fsp3) is 0.615. The number of carbonyl (C=O) groups excluding carboxylic acids is 1. The number of halogens is 1. The van der Waals surface area contributed by atoms with Crippen LogP contribution in [0.5, 0.6) is 0 Å². The summed E-state index contributed by atoms with van der Waals surface area (Å²) >= 11 is 5.69. The van der Waals surface area contributed by atoms with Crippen molar-refractivity contribution in [3.05, 3.63) is 24.3 Å². The van der Waals surface area contributed by atoms with Gasteiger partial charge in [-0.3, -0.25) is 4.79 Å². The van der Waals surface area contributed by atoms with E-state index in [1.54, 1.807) is 0 Å². The Hall–Kier alpha value is -0.560. The summed E-state index contributed by atoms with van der Waals surface area (Å²) in [5.41, 5.74) is 1.25. The van der Waals surface area contributed by atoms with E-state index in [2.05, 4.69) is 18.7 Å². The van der Waals surface area contributed by atoms with Gasteiger partial charge < -0.3 is 0 Å². The lowest BCUT2D eigenvalue weighted by Gasteiger charge is -2.30. The molecule has 2 heteroatoms. The van der Waals surface area contributed by atoms with Gasteiger partial charge >= 0.3 is 0 Å². The Morgan fingerprint density at radius 1 is 1.67 bits per heavy atom. The van der Waals surface area contributed by atoms with E-state index in [1.165, 1.54) is 5.57 Å². The molecule has 0 aromatic carbocycles. The van der Waals surface area contributed by atoms with E-state index in [1.807, 2.05) is 6.92 Å². The molecule has 0 aromatic heterocycles. The van der Waals surface area contributed by atoms with Crippen molar-refractivity contribution in [2.24, 2.45) is 17.3 Å². The van der Waals surface area contributed by atoms with Crippen molar-refractivity contribution >= 4 is 16.8 Å². The van der Waals surface area contributed by atoms with Crippen LogP contribution < -0.4 is 0 Å². The lowest BCUT2D eigenvalue weighted by Crippen LogP contribution is -2.27. The summed E-state index contributed by atoms with van der Waals surface area (Å²) in [5.74, 6) is 0.635. The van der Waals surface area contributed by atoms with Crippen LogP contribution in [0, 0.1) is 17.3 Å². The van der Waals surface area contributed by atoms with Crippen LogP contribution in [0.1, 0.15) is 32.6 Å². The molecular weight excluding hydrogens is 208 g/mol. The van der Waals surface area contributed by atoms with Gasteiger partial charge in [-0.1, -0.05) is 17.7 Å². The fourth-order valence-corrected chi connectivity index (χ4v) is 3.34. The van der Waals surface area contributed by atoms with Crippen LogP contribution in [0.25, 0.3) is 0 Å². The maximum atomic E-state index is 11.4. The van der Waals surface area contributed by atoms with E-state index in [0.29, 0.717) is 5.92 Å². The monoisotopic (exact) mass is 224 g/mol. The number of carbonyl (C=O) groups is 1. The molecule has 3 unspecified atom stereocenters. The van der Waals surface area contributed by atoms with Crippen molar-refractivity contribution in [1.82, 2.24) is 0 Å². The van der Waals surface area contributed by atoms with Crippen LogP contribution in [-0.4, -0.2) is 5.24 Å². The van der Waals surface area contributed by atoms with Gasteiger partial charge in [-0.2, -0.15) is 0 Å². The molecule has 0 aromatic rings. The highest BCUT2D eigenvalue weighted by Crippen LogP contribution is 2.56. The second-order valence-electron chi connectivity index (χ2n) is 5.11. The predicted octanol–water partition coefficient (Wildman–Crippen LogP) is 3.69. The Morgan fingerprint density at radius 2 is 2.40 bits per heavy atom. The van der Waals surface area contributed by atoms with Gasteiger partial charge in [0.1, 0.15) is 0 Å². The number of hydrogen-bond donors (Lipinski definition) is 0. The molecule has 2 rings (SSSR count). The summed E-state index contributed by atoms with van der Waals surface area (Å²) in [4.78, 5) is 11.4. The molecule has 15 heavy (non-hydrogen) atoms. The molecule has 1 nitrogen and oxygen atoms in total. The minimum atomic E-state index is -0.149. The molecule has 0 N–H and O–H groups in total. The average molecular weight is 225 g/mol. The van der Waals surface area contributed by atoms with E-state index in [-0.39, 0.29) is 16.6 Å². The number of rotatable bonds is 4. The maximum Gasteiger partial charge on any atom is 0.225 e. The topological polar surface area (TPSA) is 17.1 Å². The van der Waals surface area contributed by atoms with E-state index < -0.39 is 0 Å². The van der Waals surface area contributed by atoms with Gasteiger partial charge in [-0.25, -0.2) is 0 Å². The first-order valence-corrected chi connectivity index (χ1v) is 5.94. The molecule has 0 saturated heterocycles. The normalized spacial score (nSPS) is 37.2. The molecule has 2 aliphatic carbocycles. The molecule has 0 heterocycles. The second-order valence-corrected chi connectivity index (χ2v) is 5.48. The first-order chi connectivity index (χ1) is 7.03. The standard InChI is InChI=1S/C13H17ClO/c1-9(2)3-5-13-6-4-10(8-13)7-11(13)12(14)15/h4,6,10-11H,1,3,5,7-8H2,2H3. The molecule has 2 aliphatic rings. The molecule has 0 radical (unpaired) electrons. The second kappa shape index (κ2) is 3.79. The highest BCUT2D eigenvalue weighted by molar-refractivity contribution is 6.64. The molecule has 2 bridgehead atoms. The van der Waals surface area contributed by atoms with Crippen molar-refractivity contribution in [3.8, 4) is 0 Å². The first kappa shape index (κ1) is 10.9. The minimum absolute atomic E-state index is 0.0496. The van der Waals surface area contributed by atoms with Crippen LogP contribution >= 0.6 is 11.6 Å². The smallest absolute Gasteiger partial charge is 0.225 e. The summed E-state index contributed by atoms with van der Waals surface area (Å²) in [6.07, 6.45) is 8.58. The Morgan fingerprint density at radius 3 is 2.93 bits per heavy atom. The quantitative estimate of drug-likeness (QED) is 0.526. The lowest BCUT2D eigenvalue weighted by molar-refractivity contribution is -0.117. The molecule has 0 amide bonds. The number of fused-ring (bicyclic) bond motifs is 2. The van der Waals surface area contributed by atoms with Crippen LogP contribution in [0.4, 0.5) is 0 Å². The molecule has 3 atom stereocenters. The highest BCUT2D eigenvalue weighted by atomic mass is 35.5. The van der Waals surface area contributed by atoms with E-state index in [9.17, 15) is 4.79 Å². The summed E-state index contributed by atoms with van der Waals surface area (Å²) < 4.78 is 0. The number of allylic oxidation sites excluding steroid dienone is 3. The molecule has 0 spiro atoms. The van der Waals surface area contributed by atoms with Crippen LogP contribution in [0.15, 0.2) is 24.3 Å². The number of hydrogen-bond acceptors (Lipinski definition) is 1. The van der Waals surface area contributed by atoms with E-state index in [0.717, 1.165) is 25.7 Å². The van der Waals surface area contributed by atoms with Gasteiger partial charge in [-0.05, 0) is 50.1 Å². The van der Waals surface area contributed by atoms with E-state index >= 15 is 0 Å².